The standard InChI is InChI=1S/C16H19N3O4/c20-14-5-7-19(8-6-17-14)16(23)18-13-9-12(15(21)22)10-3-1-2-4-11(10)13/h1-4,12-13H,5-9H2,(H,17,20)(H,18,23)(H,21,22). The third kappa shape index (κ3) is 3.13. The Morgan fingerprint density at radius 1 is 1.22 bits per heavy atom. The van der Waals surface area contributed by atoms with E-state index in [2.05, 4.69) is 10.6 Å². The molecule has 0 radical (unpaired) electrons. The Morgan fingerprint density at radius 3 is 2.70 bits per heavy atom. The van der Waals surface area contributed by atoms with E-state index in [0.717, 1.165) is 11.1 Å². The molecule has 23 heavy (non-hydrogen) atoms. The van der Waals surface area contributed by atoms with E-state index in [1.54, 1.807) is 11.0 Å². The highest BCUT2D eigenvalue weighted by Crippen LogP contribution is 2.40. The summed E-state index contributed by atoms with van der Waals surface area (Å²) in [4.78, 5) is 36.8. The SMILES string of the molecule is O=C1CCN(C(=O)NC2CC(C(=O)O)c3ccccc32)CCN1. The van der Waals surface area contributed by atoms with Crippen LogP contribution in [0, 0.1) is 0 Å². The van der Waals surface area contributed by atoms with Gasteiger partial charge in [0.25, 0.3) is 0 Å². The first-order valence-corrected chi connectivity index (χ1v) is 7.70. The average Bonchev–Trinajstić information content (AvgIpc) is 2.74. The number of carboxylic acids is 1. The van der Waals surface area contributed by atoms with Gasteiger partial charge in [0.2, 0.25) is 5.91 Å². The van der Waals surface area contributed by atoms with Crippen LogP contribution in [0.1, 0.15) is 35.9 Å². The van der Waals surface area contributed by atoms with Gasteiger partial charge in [0.05, 0.1) is 12.0 Å². The lowest BCUT2D eigenvalue weighted by Gasteiger charge is -2.23. The van der Waals surface area contributed by atoms with Gasteiger partial charge < -0.3 is 20.6 Å². The van der Waals surface area contributed by atoms with Crippen LogP contribution in [0.4, 0.5) is 4.79 Å². The van der Waals surface area contributed by atoms with Crippen molar-refractivity contribution < 1.29 is 19.5 Å². The summed E-state index contributed by atoms with van der Waals surface area (Å²) in [5.74, 6) is -1.53. The second kappa shape index (κ2) is 6.28. The summed E-state index contributed by atoms with van der Waals surface area (Å²) in [6, 6.07) is 6.74. The Kier molecular flexibility index (Phi) is 4.18. The molecule has 3 rings (SSSR count). The van der Waals surface area contributed by atoms with Crippen molar-refractivity contribution in [3.05, 3.63) is 35.4 Å². The van der Waals surface area contributed by atoms with E-state index < -0.39 is 11.9 Å². The first-order chi connectivity index (χ1) is 11.1. The van der Waals surface area contributed by atoms with Crippen molar-refractivity contribution in [2.24, 2.45) is 0 Å². The van der Waals surface area contributed by atoms with Crippen molar-refractivity contribution in [2.45, 2.75) is 24.8 Å². The van der Waals surface area contributed by atoms with Gasteiger partial charge in [0.1, 0.15) is 0 Å². The predicted molar refractivity (Wildman–Crippen MR) is 81.9 cm³/mol. The number of nitrogens with zero attached hydrogens (tertiary/aromatic N) is 1. The van der Waals surface area contributed by atoms with E-state index in [9.17, 15) is 19.5 Å². The van der Waals surface area contributed by atoms with Crippen LogP contribution in [0.25, 0.3) is 0 Å². The number of urea groups is 1. The van der Waals surface area contributed by atoms with Gasteiger partial charge in [-0.25, -0.2) is 4.79 Å². The lowest BCUT2D eigenvalue weighted by Crippen LogP contribution is -2.42. The minimum Gasteiger partial charge on any atom is -0.481 e. The van der Waals surface area contributed by atoms with Gasteiger partial charge >= 0.3 is 12.0 Å². The van der Waals surface area contributed by atoms with Crippen LogP contribution in [0.15, 0.2) is 24.3 Å². The van der Waals surface area contributed by atoms with Crippen LogP contribution in [-0.4, -0.2) is 47.5 Å². The van der Waals surface area contributed by atoms with Gasteiger partial charge in [0, 0.05) is 26.1 Å². The molecule has 2 atom stereocenters. The van der Waals surface area contributed by atoms with Crippen molar-refractivity contribution in [3.8, 4) is 0 Å². The van der Waals surface area contributed by atoms with Gasteiger partial charge in [-0.15, -0.1) is 0 Å². The van der Waals surface area contributed by atoms with E-state index in [4.69, 9.17) is 0 Å². The fraction of sp³-hybridized carbons (Fsp3) is 0.438. The molecule has 2 aliphatic rings. The normalized spacial score (nSPS) is 23.7. The Morgan fingerprint density at radius 2 is 1.96 bits per heavy atom. The van der Waals surface area contributed by atoms with E-state index in [-0.39, 0.29) is 24.4 Å². The largest absolute Gasteiger partial charge is 0.481 e. The molecular formula is C16H19N3O4. The molecule has 1 aliphatic carbocycles. The number of nitrogens with one attached hydrogen (secondary N) is 2. The second-order valence-electron chi connectivity index (χ2n) is 5.84. The number of benzene rings is 1. The van der Waals surface area contributed by atoms with Crippen molar-refractivity contribution in [1.82, 2.24) is 15.5 Å². The lowest BCUT2D eigenvalue weighted by molar-refractivity contribution is -0.138. The minimum atomic E-state index is -0.876. The maximum absolute atomic E-state index is 12.4. The molecule has 1 aromatic carbocycles. The van der Waals surface area contributed by atoms with E-state index >= 15 is 0 Å². The smallest absolute Gasteiger partial charge is 0.317 e. The van der Waals surface area contributed by atoms with E-state index in [1.165, 1.54) is 0 Å². The van der Waals surface area contributed by atoms with Crippen LogP contribution in [0.3, 0.4) is 0 Å². The third-order valence-corrected chi connectivity index (χ3v) is 4.41. The number of aliphatic carboxylic acids is 1. The molecule has 0 aromatic heterocycles. The maximum atomic E-state index is 12.4. The highest BCUT2D eigenvalue weighted by Gasteiger charge is 2.36. The Labute approximate surface area is 133 Å². The quantitative estimate of drug-likeness (QED) is 0.752. The zero-order valence-electron chi connectivity index (χ0n) is 12.6. The van der Waals surface area contributed by atoms with Gasteiger partial charge in [0.15, 0.2) is 0 Å². The van der Waals surface area contributed by atoms with Crippen LogP contribution < -0.4 is 10.6 Å². The van der Waals surface area contributed by atoms with E-state index in [1.807, 2.05) is 18.2 Å². The maximum Gasteiger partial charge on any atom is 0.317 e. The molecular weight excluding hydrogens is 298 g/mol. The molecule has 0 saturated carbocycles. The van der Waals surface area contributed by atoms with Crippen LogP contribution >= 0.6 is 0 Å². The van der Waals surface area contributed by atoms with E-state index in [0.29, 0.717) is 26.1 Å². The third-order valence-electron chi connectivity index (χ3n) is 4.41. The summed E-state index contributed by atoms with van der Waals surface area (Å²) in [6.45, 7) is 1.26. The first kappa shape index (κ1) is 15.3. The molecule has 1 heterocycles. The second-order valence-corrected chi connectivity index (χ2v) is 5.84. The summed E-state index contributed by atoms with van der Waals surface area (Å²) in [7, 11) is 0. The zero-order chi connectivity index (χ0) is 16.4. The summed E-state index contributed by atoms with van der Waals surface area (Å²) in [5.41, 5.74) is 1.62. The van der Waals surface area contributed by atoms with Crippen molar-refractivity contribution in [2.75, 3.05) is 19.6 Å². The number of carboxylic acid groups (broad SMARTS) is 1. The average molecular weight is 317 g/mol. The molecule has 3 N–H and O–H groups in total. The molecule has 0 spiro atoms. The lowest BCUT2D eigenvalue weighted by atomic mass is 10.0. The predicted octanol–water partition coefficient (Wildman–Crippen LogP) is 0.831. The summed E-state index contributed by atoms with van der Waals surface area (Å²) in [5, 5.41) is 15.0. The monoisotopic (exact) mass is 317 g/mol. The molecule has 3 amide bonds. The van der Waals surface area contributed by atoms with Crippen LogP contribution in [0.5, 0.6) is 0 Å². The number of amides is 3. The highest BCUT2D eigenvalue weighted by molar-refractivity contribution is 5.81. The molecule has 1 fully saturated rings. The summed E-state index contributed by atoms with van der Waals surface area (Å²) in [6.07, 6.45) is 0.637. The topological polar surface area (TPSA) is 98.7 Å². The van der Waals surface area contributed by atoms with Gasteiger partial charge in [-0.3, -0.25) is 9.59 Å². The number of hydrogen-bond acceptors (Lipinski definition) is 3. The Hall–Kier alpha value is -2.57. The number of hydrogen-bond donors (Lipinski definition) is 3. The molecule has 2 unspecified atom stereocenters. The minimum absolute atomic E-state index is 0.0579. The molecule has 1 saturated heterocycles. The Balaban J connectivity index is 1.72. The molecule has 122 valence electrons. The molecule has 1 aliphatic heterocycles. The van der Waals surface area contributed by atoms with Gasteiger partial charge in [-0.2, -0.15) is 0 Å². The van der Waals surface area contributed by atoms with Crippen molar-refractivity contribution in [3.63, 3.8) is 0 Å². The van der Waals surface area contributed by atoms with Crippen LogP contribution in [0.2, 0.25) is 0 Å². The van der Waals surface area contributed by atoms with Gasteiger partial charge in [-0.05, 0) is 17.5 Å². The fourth-order valence-electron chi connectivity index (χ4n) is 3.22. The fourth-order valence-corrected chi connectivity index (χ4v) is 3.22. The molecule has 0 bridgehead atoms. The molecule has 1 aromatic rings. The van der Waals surface area contributed by atoms with Crippen molar-refractivity contribution >= 4 is 17.9 Å². The molecule has 7 nitrogen and oxygen atoms in total. The van der Waals surface area contributed by atoms with Gasteiger partial charge in [-0.1, -0.05) is 24.3 Å². The Bertz CT molecular complexity index is 646. The first-order valence-electron chi connectivity index (χ1n) is 7.70. The number of fused-ring (bicyclic) bond motifs is 1. The zero-order valence-corrected chi connectivity index (χ0v) is 12.6. The number of carbonyl (C=O) groups excluding carboxylic acids is 2. The van der Waals surface area contributed by atoms with Crippen LogP contribution in [-0.2, 0) is 9.59 Å². The summed E-state index contributed by atoms with van der Waals surface area (Å²) < 4.78 is 0. The highest BCUT2D eigenvalue weighted by atomic mass is 16.4. The van der Waals surface area contributed by atoms with Crippen molar-refractivity contribution in [1.29, 1.82) is 0 Å². The number of carbonyl (C=O) groups is 3. The number of rotatable bonds is 2. The summed E-state index contributed by atoms with van der Waals surface area (Å²) >= 11 is 0. The molecule has 7 heteroatoms.